The lowest BCUT2D eigenvalue weighted by atomic mass is 10.0. The van der Waals surface area contributed by atoms with Crippen LogP contribution >= 0.6 is 0 Å². The number of nitrogens with one attached hydrogen (secondary N) is 3. The van der Waals surface area contributed by atoms with Crippen LogP contribution in [0.2, 0.25) is 0 Å². The van der Waals surface area contributed by atoms with Crippen LogP contribution in [0.5, 0.6) is 5.75 Å². The van der Waals surface area contributed by atoms with E-state index in [-0.39, 0.29) is 12.1 Å². The van der Waals surface area contributed by atoms with Gasteiger partial charge in [0.15, 0.2) is 0 Å². The molecule has 2 rings (SSSR count). The second kappa shape index (κ2) is 13.8. The molecule has 0 saturated carbocycles. The van der Waals surface area contributed by atoms with Gasteiger partial charge in [0, 0.05) is 12.1 Å². The average molecular weight is 449 g/mol. The van der Waals surface area contributed by atoms with Gasteiger partial charge in [-0.05, 0) is 50.1 Å². The largest absolute Gasteiger partial charge is 0.495 e. The van der Waals surface area contributed by atoms with Gasteiger partial charge in [0.05, 0.1) is 24.6 Å². The summed E-state index contributed by atoms with van der Waals surface area (Å²) in [7, 11) is 1.57. The number of carbonyl (C=O) groups is 1. The Morgan fingerprint density at radius 3 is 2.55 bits per heavy atom. The number of benzene rings is 2. The first-order valence-electron chi connectivity index (χ1n) is 11.5. The first kappa shape index (κ1) is 25.7. The van der Waals surface area contributed by atoms with Gasteiger partial charge in [0.2, 0.25) is 0 Å². The van der Waals surface area contributed by atoms with Crippen LogP contribution in [0.4, 0.5) is 10.5 Å². The van der Waals surface area contributed by atoms with Crippen LogP contribution in [0, 0.1) is 0 Å². The Hall–Kier alpha value is -3.54. The molecule has 0 heterocycles. The topological polar surface area (TPSA) is 74.8 Å². The van der Waals surface area contributed by atoms with Crippen LogP contribution in [0.1, 0.15) is 57.2 Å². The van der Waals surface area contributed by atoms with Crippen molar-refractivity contribution < 1.29 is 9.53 Å². The predicted molar refractivity (Wildman–Crippen MR) is 138 cm³/mol. The van der Waals surface area contributed by atoms with Gasteiger partial charge in [-0.3, -0.25) is 0 Å². The fourth-order valence-corrected chi connectivity index (χ4v) is 3.41. The Balaban J connectivity index is 2.29. The highest BCUT2D eigenvalue weighted by Crippen LogP contribution is 2.27. The first-order chi connectivity index (χ1) is 16.1. The Bertz CT molecular complexity index is 967. The third-order valence-corrected chi connectivity index (χ3v) is 5.16. The fraction of sp³-hybridized carbons (Fsp3) is 0.333. The number of rotatable bonds is 12. The SMILES string of the molecule is C=C/C(=N\C(=C\C)NC(CCCC)c1ccccc1)c1ccc(NC(=O)NCC)c(OC)c1. The lowest BCUT2D eigenvalue weighted by Crippen LogP contribution is -2.28. The number of unbranched alkanes of at least 4 members (excludes halogenated alkanes) is 1. The number of anilines is 1. The molecule has 1 unspecified atom stereocenters. The van der Waals surface area contributed by atoms with Gasteiger partial charge < -0.3 is 20.7 Å². The molecule has 3 N–H and O–H groups in total. The number of allylic oxidation sites excluding steroid dienone is 2. The van der Waals surface area contributed by atoms with E-state index < -0.39 is 0 Å². The maximum absolute atomic E-state index is 11.9. The van der Waals surface area contributed by atoms with E-state index in [4.69, 9.17) is 9.73 Å². The summed E-state index contributed by atoms with van der Waals surface area (Å²) in [5.74, 6) is 1.33. The van der Waals surface area contributed by atoms with Crippen molar-refractivity contribution in [1.82, 2.24) is 10.6 Å². The molecule has 0 aliphatic rings. The number of hydrogen-bond acceptors (Lipinski definition) is 4. The molecule has 1 atom stereocenters. The molecule has 33 heavy (non-hydrogen) atoms. The molecule has 0 radical (unpaired) electrons. The molecule has 176 valence electrons. The normalized spacial score (nSPS) is 12.6. The summed E-state index contributed by atoms with van der Waals surface area (Å²) < 4.78 is 5.50. The molecule has 0 fully saturated rings. The van der Waals surface area contributed by atoms with Crippen molar-refractivity contribution in [2.45, 2.75) is 46.1 Å². The minimum Gasteiger partial charge on any atom is -0.495 e. The molecule has 0 aliphatic carbocycles. The smallest absolute Gasteiger partial charge is 0.319 e. The number of urea groups is 1. The molecule has 0 aliphatic heterocycles. The molecule has 0 aromatic heterocycles. The lowest BCUT2D eigenvalue weighted by molar-refractivity contribution is 0.252. The van der Waals surface area contributed by atoms with Crippen molar-refractivity contribution in [3.63, 3.8) is 0 Å². The third-order valence-electron chi connectivity index (χ3n) is 5.16. The van der Waals surface area contributed by atoms with E-state index in [1.165, 1.54) is 5.56 Å². The average Bonchev–Trinajstić information content (AvgIpc) is 2.84. The van der Waals surface area contributed by atoms with E-state index in [1.807, 2.05) is 38.1 Å². The number of aliphatic imine (C=N–C) groups is 1. The van der Waals surface area contributed by atoms with Crippen LogP contribution in [0.25, 0.3) is 0 Å². The molecular weight excluding hydrogens is 412 g/mol. The summed E-state index contributed by atoms with van der Waals surface area (Å²) in [6.45, 7) is 10.5. The second-order valence-corrected chi connectivity index (χ2v) is 7.52. The molecular formula is C27H36N4O2. The van der Waals surface area contributed by atoms with Crippen LogP contribution in [0.15, 0.2) is 78.1 Å². The monoisotopic (exact) mass is 448 g/mol. The van der Waals surface area contributed by atoms with Crippen molar-refractivity contribution in [3.05, 3.63) is 84.2 Å². The second-order valence-electron chi connectivity index (χ2n) is 7.52. The molecule has 2 amide bonds. The number of carbonyl (C=O) groups excluding carboxylic acids is 1. The minimum absolute atomic E-state index is 0.172. The van der Waals surface area contributed by atoms with Gasteiger partial charge in [0.25, 0.3) is 0 Å². The quantitative estimate of drug-likeness (QED) is 0.339. The Labute approximate surface area is 197 Å². The van der Waals surface area contributed by atoms with Crippen molar-refractivity contribution in [3.8, 4) is 5.75 Å². The van der Waals surface area contributed by atoms with E-state index >= 15 is 0 Å². The van der Waals surface area contributed by atoms with Gasteiger partial charge in [-0.15, -0.1) is 0 Å². The zero-order valence-electron chi connectivity index (χ0n) is 20.2. The van der Waals surface area contributed by atoms with E-state index in [1.54, 1.807) is 19.3 Å². The highest BCUT2D eigenvalue weighted by atomic mass is 16.5. The molecule has 0 spiro atoms. The number of hydrogen-bond donors (Lipinski definition) is 3. The van der Waals surface area contributed by atoms with Crippen molar-refractivity contribution in [2.24, 2.45) is 4.99 Å². The Morgan fingerprint density at radius 2 is 1.94 bits per heavy atom. The van der Waals surface area contributed by atoms with Gasteiger partial charge in [-0.25, -0.2) is 9.79 Å². The molecule has 6 heteroatoms. The van der Waals surface area contributed by atoms with Crippen molar-refractivity contribution in [1.29, 1.82) is 0 Å². The highest BCUT2D eigenvalue weighted by Gasteiger charge is 2.13. The van der Waals surface area contributed by atoms with E-state index in [0.29, 0.717) is 23.7 Å². The molecule has 2 aromatic carbocycles. The molecule has 2 aromatic rings. The maximum Gasteiger partial charge on any atom is 0.319 e. The van der Waals surface area contributed by atoms with Crippen LogP contribution < -0.4 is 20.7 Å². The first-order valence-corrected chi connectivity index (χ1v) is 11.5. The highest BCUT2D eigenvalue weighted by molar-refractivity contribution is 6.09. The molecule has 0 saturated heterocycles. The van der Waals surface area contributed by atoms with Crippen LogP contribution in [0.3, 0.4) is 0 Å². The predicted octanol–water partition coefficient (Wildman–Crippen LogP) is 6.19. The zero-order valence-corrected chi connectivity index (χ0v) is 20.2. The third kappa shape index (κ3) is 7.83. The number of ether oxygens (including phenoxy) is 1. The summed E-state index contributed by atoms with van der Waals surface area (Å²) in [4.78, 5) is 16.7. The fourth-order valence-electron chi connectivity index (χ4n) is 3.41. The number of amides is 2. The Morgan fingerprint density at radius 1 is 1.18 bits per heavy atom. The summed E-state index contributed by atoms with van der Waals surface area (Å²) in [5, 5.41) is 9.11. The van der Waals surface area contributed by atoms with E-state index in [9.17, 15) is 4.79 Å². The standard InChI is InChI=1S/C27H36N4O2/c1-6-10-16-23(20-14-12-11-13-15-20)30-26(8-3)29-22(7-2)21-17-18-24(25(19-21)33-5)31-27(32)28-9-4/h7-8,11-15,17-19,23,30H,2,6,9-10,16H2,1,3-5H3,(H2,28,31,32)/b26-8-,29-22+. The zero-order chi connectivity index (χ0) is 24.1. The summed E-state index contributed by atoms with van der Waals surface area (Å²) in [6, 6.07) is 15.9. The summed E-state index contributed by atoms with van der Waals surface area (Å²) >= 11 is 0. The van der Waals surface area contributed by atoms with Crippen molar-refractivity contribution >= 4 is 17.4 Å². The summed E-state index contributed by atoms with van der Waals surface area (Å²) in [6.07, 6.45) is 6.96. The van der Waals surface area contributed by atoms with Gasteiger partial charge >= 0.3 is 6.03 Å². The summed E-state index contributed by atoms with van der Waals surface area (Å²) in [5.41, 5.74) is 3.38. The van der Waals surface area contributed by atoms with Crippen LogP contribution in [-0.4, -0.2) is 25.4 Å². The number of nitrogens with zero attached hydrogens (tertiary/aromatic N) is 1. The van der Waals surface area contributed by atoms with Gasteiger partial charge in [-0.2, -0.15) is 0 Å². The number of methoxy groups -OCH3 is 1. The molecule has 0 bridgehead atoms. The minimum atomic E-state index is -0.277. The van der Waals surface area contributed by atoms with E-state index in [2.05, 4.69) is 53.7 Å². The lowest BCUT2D eigenvalue weighted by Gasteiger charge is -2.21. The van der Waals surface area contributed by atoms with Crippen molar-refractivity contribution in [2.75, 3.05) is 19.0 Å². The van der Waals surface area contributed by atoms with Crippen LogP contribution in [-0.2, 0) is 0 Å². The maximum atomic E-state index is 11.9. The van der Waals surface area contributed by atoms with E-state index in [0.717, 1.165) is 30.6 Å². The Kier molecular flexibility index (Phi) is 10.7. The molecule has 6 nitrogen and oxygen atoms in total. The van der Waals surface area contributed by atoms with Gasteiger partial charge in [0.1, 0.15) is 11.6 Å². The van der Waals surface area contributed by atoms with Gasteiger partial charge in [-0.1, -0.05) is 62.7 Å².